The van der Waals surface area contributed by atoms with E-state index < -0.39 is 5.97 Å². The van der Waals surface area contributed by atoms with Crippen molar-refractivity contribution in [2.75, 3.05) is 0 Å². The number of carbonyl (C=O) groups is 1. The van der Waals surface area contributed by atoms with Crippen LogP contribution in [0.1, 0.15) is 23.4 Å². The molecule has 1 N–H and O–H groups in total. The predicted octanol–water partition coefficient (Wildman–Crippen LogP) is 2.94. The van der Waals surface area contributed by atoms with Crippen LogP contribution in [0.2, 0.25) is 5.02 Å². The smallest absolute Gasteiger partial charge is 0.375 e. The van der Waals surface area contributed by atoms with Gasteiger partial charge in [-0.2, -0.15) is 0 Å². The quantitative estimate of drug-likeness (QED) is 0.939. The molecule has 7 heteroatoms. The molecule has 18 heavy (non-hydrogen) atoms. The fourth-order valence-corrected chi connectivity index (χ4v) is 1.91. The maximum absolute atomic E-state index is 10.9. The average Bonchev–Trinajstić information content (AvgIpc) is 2.77. The lowest BCUT2D eigenvalue weighted by Gasteiger charge is -2.05. The summed E-state index contributed by atoms with van der Waals surface area (Å²) in [6.45, 7) is 1.88. The first-order valence-electron chi connectivity index (χ1n) is 5.17. The van der Waals surface area contributed by atoms with Crippen molar-refractivity contribution in [3.63, 3.8) is 0 Å². The summed E-state index contributed by atoms with van der Waals surface area (Å²) < 4.78 is 2.26. The molecule has 0 unspecified atom stereocenters. The van der Waals surface area contributed by atoms with Gasteiger partial charge in [-0.1, -0.05) is 18.5 Å². The van der Waals surface area contributed by atoms with E-state index in [1.807, 2.05) is 6.92 Å². The summed E-state index contributed by atoms with van der Waals surface area (Å²) in [4.78, 5) is 14.8. The monoisotopic (exact) mass is 329 g/mol. The van der Waals surface area contributed by atoms with Crippen LogP contribution in [0.25, 0.3) is 5.69 Å². The van der Waals surface area contributed by atoms with Crippen molar-refractivity contribution in [3.8, 4) is 5.69 Å². The van der Waals surface area contributed by atoms with E-state index in [1.165, 1.54) is 4.68 Å². The van der Waals surface area contributed by atoms with Crippen molar-refractivity contribution >= 4 is 33.5 Å². The minimum absolute atomic E-state index is 0.217. The summed E-state index contributed by atoms with van der Waals surface area (Å²) in [7, 11) is 0. The van der Waals surface area contributed by atoms with Crippen LogP contribution in [0.5, 0.6) is 0 Å². The predicted molar refractivity (Wildman–Crippen MR) is 70.4 cm³/mol. The molecule has 2 rings (SSSR count). The number of carboxylic acid groups (broad SMARTS) is 1. The highest BCUT2D eigenvalue weighted by Gasteiger charge is 2.15. The Morgan fingerprint density at radius 2 is 2.28 bits per heavy atom. The zero-order valence-corrected chi connectivity index (χ0v) is 11.7. The number of benzene rings is 1. The lowest BCUT2D eigenvalue weighted by molar-refractivity contribution is 0.0683. The van der Waals surface area contributed by atoms with Crippen molar-refractivity contribution in [3.05, 3.63) is 39.3 Å². The van der Waals surface area contributed by atoms with Gasteiger partial charge in [0.15, 0.2) is 0 Å². The molecule has 0 saturated heterocycles. The third-order valence-corrected chi connectivity index (χ3v) is 3.56. The van der Waals surface area contributed by atoms with E-state index in [0.29, 0.717) is 23.0 Å². The first-order chi connectivity index (χ1) is 8.52. The Bertz CT molecular complexity index is 612. The van der Waals surface area contributed by atoms with Crippen LogP contribution in [0.4, 0.5) is 0 Å². The van der Waals surface area contributed by atoms with Crippen molar-refractivity contribution in [1.29, 1.82) is 0 Å². The van der Waals surface area contributed by atoms with E-state index in [9.17, 15) is 4.79 Å². The van der Waals surface area contributed by atoms with E-state index in [-0.39, 0.29) is 5.82 Å². The lowest BCUT2D eigenvalue weighted by atomic mass is 10.3. The molecule has 0 atom stereocenters. The normalized spacial score (nSPS) is 10.6. The first kappa shape index (κ1) is 13.0. The van der Waals surface area contributed by atoms with Crippen molar-refractivity contribution in [1.82, 2.24) is 14.8 Å². The summed E-state index contributed by atoms with van der Waals surface area (Å²) in [5, 5.41) is 13.4. The van der Waals surface area contributed by atoms with Gasteiger partial charge in [0.05, 0.1) is 10.7 Å². The van der Waals surface area contributed by atoms with Gasteiger partial charge in [-0.3, -0.25) is 0 Å². The number of nitrogens with zero attached hydrogens (tertiary/aromatic N) is 3. The SMILES string of the molecule is CCc1nc(C(=O)O)nn1-c1ccc(Br)c(Cl)c1. The summed E-state index contributed by atoms with van der Waals surface area (Å²) >= 11 is 9.30. The molecule has 1 aromatic heterocycles. The number of hydrogen-bond donors (Lipinski definition) is 1. The van der Waals surface area contributed by atoms with Gasteiger partial charge in [0, 0.05) is 10.9 Å². The van der Waals surface area contributed by atoms with E-state index in [0.717, 1.165) is 4.47 Å². The fourth-order valence-electron chi connectivity index (χ4n) is 1.49. The molecule has 0 fully saturated rings. The van der Waals surface area contributed by atoms with Gasteiger partial charge in [0.25, 0.3) is 5.82 Å². The van der Waals surface area contributed by atoms with Gasteiger partial charge >= 0.3 is 5.97 Å². The largest absolute Gasteiger partial charge is 0.475 e. The Morgan fingerprint density at radius 3 is 2.83 bits per heavy atom. The zero-order valence-electron chi connectivity index (χ0n) is 9.39. The number of halogens is 2. The molecule has 94 valence electrons. The summed E-state index contributed by atoms with van der Waals surface area (Å²) in [5.74, 6) is -0.789. The van der Waals surface area contributed by atoms with Crippen LogP contribution in [0, 0.1) is 0 Å². The molecule has 2 aromatic rings. The third-order valence-electron chi connectivity index (χ3n) is 2.33. The minimum atomic E-state index is -1.15. The number of carboxylic acids is 1. The molecule has 0 saturated carbocycles. The highest BCUT2D eigenvalue weighted by atomic mass is 79.9. The van der Waals surface area contributed by atoms with E-state index in [2.05, 4.69) is 26.0 Å². The van der Waals surface area contributed by atoms with Crippen LogP contribution in [0.15, 0.2) is 22.7 Å². The summed E-state index contributed by atoms with van der Waals surface area (Å²) in [6.07, 6.45) is 0.577. The second kappa shape index (κ2) is 5.07. The Balaban J connectivity index is 2.55. The summed E-state index contributed by atoms with van der Waals surface area (Å²) in [6, 6.07) is 5.26. The van der Waals surface area contributed by atoms with Crippen LogP contribution in [0.3, 0.4) is 0 Å². The standard InChI is InChI=1S/C11H9BrClN3O2/c1-2-9-14-10(11(17)18)15-16(9)6-3-4-7(12)8(13)5-6/h3-5H,2H2,1H3,(H,17,18). The Kier molecular flexibility index (Phi) is 3.68. The van der Waals surface area contributed by atoms with Gasteiger partial charge in [0.1, 0.15) is 5.82 Å². The number of hydrogen-bond acceptors (Lipinski definition) is 3. The summed E-state index contributed by atoms with van der Waals surface area (Å²) in [5.41, 5.74) is 0.681. The van der Waals surface area contributed by atoms with Gasteiger partial charge in [0.2, 0.25) is 0 Å². The molecule has 0 spiro atoms. The topological polar surface area (TPSA) is 68.0 Å². The fraction of sp³-hybridized carbons (Fsp3) is 0.182. The van der Waals surface area contributed by atoms with Gasteiger partial charge < -0.3 is 5.11 Å². The third kappa shape index (κ3) is 2.39. The number of rotatable bonds is 3. The van der Waals surface area contributed by atoms with Crippen LogP contribution < -0.4 is 0 Å². The molecular weight excluding hydrogens is 321 g/mol. The van der Waals surface area contributed by atoms with Crippen LogP contribution in [-0.2, 0) is 6.42 Å². The second-order valence-electron chi connectivity index (χ2n) is 3.52. The van der Waals surface area contributed by atoms with Gasteiger partial charge in [-0.15, -0.1) is 5.10 Å². The van der Waals surface area contributed by atoms with E-state index in [4.69, 9.17) is 16.7 Å². The molecular formula is C11H9BrClN3O2. The Hall–Kier alpha value is -1.40. The second-order valence-corrected chi connectivity index (χ2v) is 4.78. The van der Waals surface area contributed by atoms with E-state index >= 15 is 0 Å². The average molecular weight is 331 g/mol. The minimum Gasteiger partial charge on any atom is -0.475 e. The maximum Gasteiger partial charge on any atom is 0.375 e. The molecule has 0 aliphatic heterocycles. The molecule has 5 nitrogen and oxygen atoms in total. The van der Waals surface area contributed by atoms with Gasteiger partial charge in [-0.05, 0) is 34.1 Å². The maximum atomic E-state index is 10.9. The first-order valence-corrected chi connectivity index (χ1v) is 6.34. The number of aryl methyl sites for hydroxylation is 1. The van der Waals surface area contributed by atoms with Gasteiger partial charge in [-0.25, -0.2) is 14.5 Å². The molecule has 0 amide bonds. The number of aromatic carboxylic acids is 1. The highest BCUT2D eigenvalue weighted by molar-refractivity contribution is 9.10. The molecule has 0 radical (unpaired) electrons. The molecule has 0 aliphatic carbocycles. The Morgan fingerprint density at radius 1 is 1.56 bits per heavy atom. The zero-order chi connectivity index (χ0) is 13.3. The van der Waals surface area contributed by atoms with Crippen LogP contribution >= 0.6 is 27.5 Å². The highest BCUT2D eigenvalue weighted by Crippen LogP contribution is 2.25. The van der Waals surface area contributed by atoms with Crippen LogP contribution in [-0.4, -0.2) is 25.8 Å². The number of aromatic nitrogens is 3. The van der Waals surface area contributed by atoms with Crippen molar-refractivity contribution in [2.45, 2.75) is 13.3 Å². The van der Waals surface area contributed by atoms with Crippen molar-refractivity contribution < 1.29 is 9.90 Å². The molecule has 1 aromatic carbocycles. The van der Waals surface area contributed by atoms with E-state index in [1.54, 1.807) is 18.2 Å². The molecule has 0 bridgehead atoms. The Labute approximate surface area is 117 Å². The molecule has 1 heterocycles. The molecule has 0 aliphatic rings. The van der Waals surface area contributed by atoms with Crippen molar-refractivity contribution in [2.24, 2.45) is 0 Å². The lowest BCUT2D eigenvalue weighted by Crippen LogP contribution is -2.03.